The molecule has 0 saturated carbocycles. The summed E-state index contributed by atoms with van der Waals surface area (Å²) in [5.41, 5.74) is 3.49. The Morgan fingerprint density at radius 1 is 0.743 bits per heavy atom. The Balaban J connectivity index is 1.38. The van der Waals surface area contributed by atoms with Crippen LogP contribution in [0.5, 0.6) is 0 Å². The molecule has 1 saturated heterocycles. The second-order valence-corrected chi connectivity index (χ2v) is 9.19. The van der Waals surface area contributed by atoms with Crippen LogP contribution in [-0.2, 0) is 9.59 Å². The summed E-state index contributed by atoms with van der Waals surface area (Å²) in [4.78, 5) is 30.5. The van der Waals surface area contributed by atoms with Crippen LogP contribution in [-0.4, -0.2) is 53.8 Å². The third kappa shape index (κ3) is 5.98. The number of carbonyl (C=O) groups excluding carboxylic acids is 2. The second-order valence-electron chi connectivity index (χ2n) is 9.19. The van der Waals surface area contributed by atoms with Crippen molar-refractivity contribution in [3.63, 3.8) is 0 Å². The fraction of sp³-hybridized carbons (Fsp3) is 0.333. The van der Waals surface area contributed by atoms with Crippen LogP contribution in [0.25, 0.3) is 0 Å². The zero-order valence-electron chi connectivity index (χ0n) is 20.6. The summed E-state index contributed by atoms with van der Waals surface area (Å²) >= 11 is 0. The highest BCUT2D eigenvalue weighted by Gasteiger charge is 2.31. The molecule has 0 bridgehead atoms. The molecule has 1 heterocycles. The number of benzene rings is 3. The predicted octanol–water partition coefficient (Wildman–Crippen LogP) is 4.62. The quantitative estimate of drug-likeness (QED) is 0.524. The summed E-state index contributed by atoms with van der Waals surface area (Å²) < 4.78 is 0. The van der Waals surface area contributed by atoms with Crippen LogP contribution in [0.4, 0.5) is 0 Å². The Morgan fingerprint density at radius 2 is 1.20 bits per heavy atom. The predicted molar refractivity (Wildman–Crippen MR) is 140 cm³/mol. The molecule has 3 aromatic rings. The first-order valence-corrected chi connectivity index (χ1v) is 12.6. The number of rotatable bonds is 8. The highest BCUT2D eigenvalue weighted by molar-refractivity contribution is 5.90. The van der Waals surface area contributed by atoms with Crippen LogP contribution in [0.15, 0.2) is 91.0 Å². The minimum atomic E-state index is -0.550. The van der Waals surface area contributed by atoms with E-state index >= 15 is 0 Å². The number of hydrogen-bond donors (Lipinski definition) is 1. The minimum absolute atomic E-state index is 0.0168. The lowest BCUT2D eigenvalue weighted by Crippen LogP contribution is -2.55. The summed E-state index contributed by atoms with van der Waals surface area (Å²) in [6, 6.07) is 30.4. The average molecular weight is 470 g/mol. The molecule has 5 nitrogen and oxygen atoms in total. The summed E-state index contributed by atoms with van der Waals surface area (Å²) in [7, 11) is 0. The van der Waals surface area contributed by atoms with E-state index in [1.807, 2.05) is 54.3 Å². The molecule has 2 atom stereocenters. The SMILES string of the molecule is CCC(C(=O)NC(C)C(=O)N1CCN(C(c2ccccc2)c2ccccc2)CC1)c1ccccc1. The van der Waals surface area contributed by atoms with Crippen LogP contribution in [0.1, 0.15) is 48.9 Å². The van der Waals surface area contributed by atoms with Crippen LogP contribution >= 0.6 is 0 Å². The highest BCUT2D eigenvalue weighted by atomic mass is 16.2. The van der Waals surface area contributed by atoms with Gasteiger partial charge in [-0.1, -0.05) is 97.9 Å². The van der Waals surface area contributed by atoms with Gasteiger partial charge in [0.15, 0.2) is 0 Å². The summed E-state index contributed by atoms with van der Waals surface area (Å²) in [5.74, 6) is -0.357. The van der Waals surface area contributed by atoms with Crippen molar-refractivity contribution in [2.45, 2.75) is 38.3 Å². The molecule has 182 valence electrons. The smallest absolute Gasteiger partial charge is 0.244 e. The number of nitrogens with zero attached hydrogens (tertiary/aromatic N) is 2. The van der Waals surface area contributed by atoms with E-state index in [1.54, 1.807) is 6.92 Å². The lowest BCUT2D eigenvalue weighted by Gasteiger charge is -2.40. The van der Waals surface area contributed by atoms with Gasteiger partial charge in [-0.25, -0.2) is 0 Å². The third-order valence-corrected chi connectivity index (χ3v) is 6.88. The van der Waals surface area contributed by atoms with E-state index in [4.69, 9.17) is 0 Å². The fourth-order valence-corrected chi connectivity index (χ4v) is 4.99. The summed E-state index contributed by atoms with van der Waals surface area (Å²) in [6.07, 6.45) is 0.690. The Hall–Kier alpha value is -3.44. The van der Waals surface area contributed by atoms with Crippen LogP contribution in [0.2, 0.25) is 0 Å². The largest absolute Gasteiger partial charge is 0.344 e. The van der Waals surface area contributed by atoms with Gasteiger partial charge in [0.2, 0.25) is 11.8 Å². The van der Waals surface area contributed by atoms with Crippen molar-refractivity contribution in [3.05, 3.63) is 108 Å². The maximum absolute atomic E-state index is 13.2. The van der Waals surface area contributed by atoms with Crippen molar-refractivity contribution in [3.8, 4) is 0 Å². The Labute approximate surface area is 208 Å². The Kier molecular flexibility index (Phi) is 8.32. The Bertz CT molecular complexity index is 1040. The van der Waals surface area contributed by atoms with Gasteiger partial charge in [0.05, 0.1) is 12.0 Å². The molecule has 1 aliphatic heterocycles. The van der Waals surface area contributed by atoms with Crippen LogP contribution in [0.3, 0.4) is 0 Å². The zero-order chi connectivity index (χ0) is 24.6. The van der Waals surface area contributed by atoms with Crippen LogP contribution in [0, 0.1) is 0 Å². The number of carbonyl (C=O) groups is 2. The first kappa shape index (κ1) is 24.7. The fourth-order valence-electron chi connectivity index (χ4n) is 4.99. The molecule has 1 N–H and O–H groups in total. The second kappa shape index (κ2) is 11.8. The standard InChI is InChI=1S/C30H35N3O2/c1-3-27(24-13-7-4-8-14-24)29(34)31-23(2)30(35)33-21-19-32(20-22-33)28(25-15-9-5-10-16-25)26-17-11-6-12-18-26/h4-18,23,27-28H,3,19-22H2,1-2H3,(H,31,34). The van der Waals surface area contributed by atoms with E-state index in [-0.39, 0.29) is 23.8 Å². The minimum Gasteiger partial charge on any atom is -0.344 e. The maximum Gasteiger partial charge on any atom is 0.244 e. The molecule has 0 radical (unpaired) electrons. The molecule has 0 spiro atoms. The summed E-state index contributed by atoms with van der Waals surface area (Å²) in [6.45, 7) is 6.64. The molecular formula is C30H35N3O2. The van der Waals surface area contributed by atoms with E-state index in [0.29, 0.717) is 19.5 Å². The van der Waals surface area contributed by atoms with Gasteiger partial charge >= 0.3 is 0 Å². The first-order chi connectivity index (χ1) is 17.1. The van der Waals surface area contributed by atoms with Gasteiger partial charge in [-0.2, -0.15) is 0 Å². The van der Waals surface area contributed by atoms with Crippen molar-refractivity contribution >= 4 is 11.8 Å². The van der Waals surface area contributed by atoms with Gasteiger partial charge in [-0.05, 0) is 30.0 Å². The Morgan fingerprint density at radius 3 is 1.66 bits per heavy atom. The molecule has 2 unspecified atom stereocenters. The van der Waals surface area contributed by atoms with E-state index < -0.39 is 6.04 Å². The molecule has 2 amide bonds. The number of hydrogen-bond acceptors (Lipinski definition) is 3. The molecular weight excluding hydrogens is 434 g/mol. The summed E-state index contributed by atoms with van der Waals surface area (Å²) in [5, 5.41) is 2.97. The van der Waals surface area contributed by atoms with Gasteiger partial charge in [-0.3, -0.25) is 14.5 Å². The lowest BCUT2D eigenvalue weighted by molar-refractivity contribution is -0.138. The average Bonchev–Trinajstić information content (AvgIpc) is 2.91. The van der Waals surface area contributed by atoms with Crippen molar-refractivity contribution < 1.29 is 9.59 Å². The molecule has 3 aromatic carbocycles. The number of piperazine rings is 1. The number of nitrogens with one attached hydrogen (secondary N) is 1. The van der Waals surface area contributed by atoms with Gasteiger partial charge in [0, 0.05) is 26.2 Å². The van der Waals surface area contributed by atoms with Gasteiger partial charge < -0.3 is 10.2 Å². The normalized spacial score (nSPS) is 16.0. The zero-order valence-corrected chi connectivity index (χ0v) is 20.6. The molecule has 1 fully saturated rings. The van der Waals surface area contributed by atoms with Gasteiger partial charge in [0.25, 0.3) is 0 Å². The highest BCUT2D eigenvalue weighted by Crippen LogP contribution is 2.29. The molecule has 0 aliphatic carbocycles. The third-order valence-electron chi connectivity index (χ3n) is 6.88. The molecule has 1 aliphatic rings. The molecule has 5 heteroatoms. The van der Waals surface area contributed by atoms with Crippen molar-refractivity contribution in [1.29, 1.82) is 0 Å². The van der Waals surface area contributed by atoms with E-state index in [1.165, 1.54) is 11.1 Å². The topological polar surface area (TPSA) is 52.7 Å². The molecule has 0 aromatic heterocycles. The van der Waals surface area contributed by atoms with Crippen molar-refractivity contribution in [2.75, 3.05) is 26.2 Å². The van der Waals surface area contributed by atoms with Crippen molar-refractivity contribution in [1.82, 2.24) is 15.1 Å². The first-order valence-electron chi connectivity index (χ1n) is 12.6. The van der Waals surface area contributed by atoms with Crippen molar-refractivity contribution in [2.24, 2.45) is 0 Å². The molecule has 4 rings (SSSR count). The van der Waals surface area contributed by atoms with E-state index in [0.717, 1.165) is 18.7 Å². The van der Waals surface area contributed by atoms with Gasteiger partial charge in [0.1, 0.15) is 6.04 Å². The van der Waals surface area contributed by atoms with E-state index in [9.17, 15) is 9.59 Å². The monoisotopic (exact) mass is 469 g/mol. The number of amides is 2. The van der Waals surface area contributed by atoms with Gasteiger partial charge in [-0.15, -0.1) is 0 Å². The van der Waals surface area contributed by atoms with E-state index in [2.05, 4.69) is 58.7 Å². The maximum atomic E-state index is 13.2. The molecule has 35 heavy (non-hydrogen) atoms. The lowest BCUT2D eigenvalue weighted by atomic mass is 9.95. The van der Waals surface area contributed by atoms with Crippen LogP contribution < -0.4 is 5.32 Å².